The largest absolute Gasteiger partial charge is 0.410 e. The number of nitrogens with zero attached hydrogens (tertiary/aromatic N) is 3. The number of halogens is 1. The Bertz CT molecular complexity index is 414. The molecule has 6 heteroatoms. The Morgan fingerprint density at radius 3 is 2.93 bits per heavy atom. The predicted octanol–water partition coefficient (Wildman–Crippen LogP) is 2.05. The van der Waals surface area contributed by atoms with Gasteiger partial charge in [0, 0.05) is 0 Å². The van der Waals surface area contributed by atoms with Gasteiger partial charge < -0.3 is 5.21 Å². The van der Waals surface area contributed by atoms with E-state index < -0.39 is 0 Å². The van der Waals surface area contributed by atoms with E-state index in [1.807, 2.05) is 6.07 Å². The summed E-state index contributed by atoms with van der Waals surface area (Å²) in [5.74, 6) is 0. The standard InChI is InChI=1S/C8H6ClN3OS/c1-14-8-5(4-10)2-3-6(11-8)7(9)12-13/h2-3,13H,1H3/b12-7-. The minimum atomic E-state index is -0.0928. The number of aromatic nitrogens is 1. The molecule has 1 aromatic rings. The summed E-state index contributed by atoms with van der Waals surface area (Å²) in [6, 6.07) is 5.12. The number of pyridine rings is 1. The van der Waals surface area contributed by atoms with Crippen LogP contribution in [0.3, 0.4) is 0 Å². The van der Waals surface area contributed by atoms with E-state index in [9.17, 15) is 0 Å². The zero-order valence-electron chi connectivity index (χ0n) is 7.23. The van der Waals surface area contributed by atoms with Crippen molar-refractivity contribution in [2.45, 2.75) is 5.03 Å². The molecule has 0 fully saturated rings. The fourth-order valence-corrected chi connectivity index (χ4v) is 1.48. The molecule has 1 aromatic heterocycles. The molecule has 0 aliphatic rings. The minimum Gasteiger partial charge on any atom is -0.410 e. The van der Waals surface area contributed by atoms with Crippen LogP contribution >= 0.6 is 23.4 Å². The summed E-state index contributed by atoms with van der Waals surface area (Å²) >= 11 is 6.89. The number of nitriles is 1. The lowest BCUT2D eigenvalue weighted by Gasteiger charge is -2.01. The monoisotopic (exact) mass is 227 g/mol. The first-order valence-electron chi connectivity index (χ1n) is 3.56. The summed E-state index contributed by atoms with van der Waals surface area (Å²) in [5.41, 5.74) is 0.821. The highest BCUT2D eigenvalue weighted by atomic mass is 35.5. The molecule has 0 aliphatic carbocycles. The third-order valence-corrected chi connectivity index (χ3v) is 2.44. The smallest absolute Gasteiger partial charge is 0.193 e. The zero-order valence-corrected chi connectivity index (χ0v) is 8.80. The summed E-state index contributed by atoms with van der Waals surface area (Å²) in [4.78, 5) is 4.05. The average Bonchev–Trinajstić information content (AvgIpc) is 2.26. The van der Waals surface area contributed by atoms with Gasteiger partial charge >= 0.3 is 0 Å². The Balaban J connectivity index is 3.22. The third-order valence-electron chi connectivity index (χ3n) is 1.47. The lowest BCUT2D eigenvalue weighted by Crippen LogP contribution is -1.98. The van der Waals surface area contributed by atoms with Crippen molar-refractivity contribution in [3.63, 3.8) is 0 Å². The quantitative estimate of drug-likeness (QED) is 0.363. The second-order valence-electron chi connectivity index (χ2n) is 2.26. The van der Waals surface area contributed by atoms with Crippen LogP contribution in [0.5, 0.6) is 0 Å². The van der Waals surface area contributed by atoms with Crippen LogP contribution in [-0.4, -0.2) is 21.6 Å². The number of oxime groups is 1. The number of hydrogen-bond donors (Lipinski definition) is 1. The van der Waals surface area contributed by atoms with Crippen LogP contribution in [0.2, 0.25) is 0 Å². The zero-order chi connectivity index (χ0) is 10.6. The Labute approximate surface area is 90.2 Å². The maximum atomic E-state index is 8.72. The Kier molecular flexibility index (Phi) is 3.74. The molecule has 0 atom stereocenters. The van der Waals surface area contributed by atoms with Crippen molar-refractivity contribution in [1.82, 2.24) is 4.98 Å². The van der Waals surface area contributed by atoms with Gasteiger partial charge in [0.2, 0.25) is 0 Å². The number of hydrogen-bond acceptors (Lipinski definition) is 5. The van der Waals surface area contributed by atoms with E-state index in [1.165, 1.54) is 17.8 Å². The van der Waals surface area contributed by atoms with E-state index in [0.717, 1.165) is 0 Å². The van der Waals surface area contributed by atoms with Gasteiger partial charge in [0.1, 0.15) is 16.8 Å². The van der Waals surface area contributed by atoms with Crippen LogP contribution in [0.15, 0.2) is 22.3 Å². The van der Waals surface area contributed by atoms with E-state index >= 15 is 0 Å². The summed E-state index contributed by atoms with van der Waals surface area (Å²) < 4.78 is 0. The molecule has 0 radical (unpaired) electrons. The van der Waals surface area contributed by atoms with E-state index in [1.54, 1.807) is 12.3 Å². The summed E-state index contributed by atoms with van der Waals surface area (Å²) in [6.07, 6.45) is 1.80. The Hall–Kier alpha value is -1.25. The molecule has 0 aliphatic heterocycles. The summed E-state index contributed by atoms with van der Waals surface area (Å²) in [5, 5.41) is 20.4. The van der Waals surface area contributed by atoms with Crippen molar-refractivity contribution in [2.75, 3.05) is 6.26 Å². The molecule has 0 amide bonds. The SMILES string of the molecule is CSc1nc(/C(Cl)=N/O)ccc1C#N. The minimum absolute atomic E-state index is 0.0928. The van der Waals surface area contributed by atoms with Gasteiger partial charge in [0.05, 0.1) is 5.56 Å². The van der Waals surface area contributed by atoms with Crippen molar-refractivity contribution >= 4 is 28.5 Å². The lowest BCUT2D eigenvalue weighted by molar-refractivity contribution is 0.320. The topological polar surface area (TPSA) is 69.3 Å². The molecule has 4 nitrogen and oxygen atoms in total. The van der Waals surface area contributed by atoms with Gasteiger partial charge in [-0.3, -0.25) is 0 Å². The molecule has 0 saturated carbocycles. The maximum Gasteiger partial charge on any atom is 0.193 e. The molecule has 0 spiro atoms. The molecule has 1 rings (SSSR count). The summed E-state index contributed by atoms with van der Waals surface area (Å²) in [6.45, 7) is 0. The van der Waals surface area contributed by atoms with E-state index in [0.29, 0.717) is 16.3 Å². The maximum absolute atomic E-state index is 8.72. The fraction of sp³-hybridized carbons (Fsp3) is 0.125. The second-order valence-corrected chi connectivity index (χ2v) is 3.41. The van der Waals surface area contributed by atoms with Crippen LogP contribution in [0.4, 0.5) is 0 Å². The van der Waals surface area contributed by atoms with Crippen LogP contribution in [-0.2, 0) is 0 Å². The lowest BCUT2D eigenvalue weighted by atomic mass is 10.3. The van der Waals surface area contributed by atoms with Gasteiger partial charge in [0.25, 0.3) is 0 Å². The molecule has 1 N–H and O–H groups in total. The van der Waals surface area contributed by atoms with E-state index in [2.05, 4.69) is 10.1 Å². The molecular weight excluding hydrogens is 222 g/mol. The first kappa shape index (κ1) is 10.8. The van der Waals surface area contributed by atoms with Crippen molar-refractivity contribution in [3.05, 3.63) is 23.4 Å². The second kappa shape index (κ2) is 4.84. The first-order valence-corrected chi connectivity index (χ1v) is 5.16. The van der Waals surface area contributed by atoms with Crippen molar-refractivity contribution in [2.24, 2.45) is 5.16 Å². The average molecular weight is 228 g/mol. The third kappa shape index (κ3) is 2.16. The highest BCUT2D eigenvalue weighted by Crippen LogP contribution is 2.18. The predicted molar refractivity (Wildman–Crippen MR) is 54.9 cm³/mol. The molecule has 1 heterocycles. The van der Waals surface area contributed by atoms with Gasteiger partial charge in [-0.1, -0.05) is 16.8 Å². The van der Waals surface area contributed by atoms with Crippen LogP contribution < -0.4 is 0 Å². The normalized spacial score (nSPS) is 11.1. The fourth-order valence-electron chi connectivity index (χ4n) is 0.847. The van der Waals surface area contributed by atoms with Crippen LogP contribution in [0, 0.1) is 11.3 Å². The van der Waals surface area contributed by atoms with Gasteiger partial charge in [-0.05, 0) is 18.4 Å². The van der Waals surface area contributed by atoms with Gasteiger partial charge in [-0.25, -0.2) is 4.98 Å². The Morgan fingerprint density at radius 1 is 1.71 bits per heavy atom. The van der Waals surface area contributed by atoms with Crippen LogP contribution in [0.25, 0.3) is 0 Å². The number of rotatable bonds is 2. The summed E-state index contributed by atoms with van der Waals surface area (Å²) in [7, 11) is 0. The van der Waals surface area contributed by atoms with Crippen molar-refractivity contribution < 1.29 is 5.21 Å². The Morgan fingerprint density at radius 2 is 2.43 bits per heavy atom. The van der Waals surface area contributed by atoms with Crippen molar-refractivity contribution in [1.29, 1.82) is 5.26 Å². The highest BCUT2D eigenvalue weighted by Gasteiger charge is 2.07. The highest BCUT2D eigenvalue weighted by molar-refractivity contribution is 7.98. The molecular formula is C8H6ClN3OS. The van der Waals surface area contributed by atoms with E-state index in [-0.39, 0.29) is 5.17 Å². The van der Waals surface area contributed by atoms with Crippen molar-refractivity contribution in [3.8, 4) is 6.07 Å². The van der Waals surface area contributed by atoms with Crippen LogP contribution in [0.1, 0.15) is 11.3 Å². The van der Waals surface area contributed by atoms with E-state index in [4.69, 9.17) is 22.1 Å². The molecule has 0 saturated heterocycles. The molecule has 0 unspecified atom stereocenters. The molecule has 72 valence electrons. The molecule has 0 bridgehead atoms. The van der Waals surface area contributed by atoms with Gasteiger partial charge in [-0.2, -0.15) is 5.26 Å². The molecule has 14 heavy (non-hydrogen) atoms. The van der Waals surface area contributed by atoms with Gasteiger partial charge in [0.15, 0.2) is 5.17 Å². The molecule has 0 aromatic carbocycles. The van der Waals surface area contributed by atoms with Gasteiger partial charge in [-0.15, -0.1) is 11.8 Å². The first-order chi connectivity index (χ1) is 6.72. The number of thioether (sulfide) groups is 1.